The van der Waals surface area contributed by atoms with Crippen LogP contribution in [-0.2, 0) is 25.6 Å². The summed E-state index contributed by atoms with van der Waals surface area (Å²) < 4.78 is 17.9. The first kappa shape index (κ1) is 19.9. The summed E-state index contributed by atoms with van der Waals surface area (Å²) >= 11 is 0. The molecule has 0 aromatic heterocycles. The van der Waals surface area contributed by atoms with Crippen LogP contribution in [0.25, 0.3) is 0 Å². The summed E-state index contributed by atoms with van der Waals surface area (Å²) in [6.07, 6.45) is 2.14. The average Bonchev–Trinajstić information content (AvgIpc) is 2.61. The third-order valence-corrected chi connectivity index (χ3v) is 4.64. The van der Waals surface area contributed by atoms with E-state index in [1.54, 1.807) is 0 Å². The monoisotopic (exact) mass is 350 g/mol. The first-order valence-corrected chi connectivity index (χ1v) is 9.34. The van der Waals surface area contributed by atoms with Gasteiger partial charge in [-0.3, -0.25) is 4.79 Å². The zero-order chi connectivity index (χ0) is 18.0. The maximum atomic E-state index is 12.1. The number of ether oxygens (including phenoxy) is 3. The Balaban J connectivity index is 1.87. The Bertz CT molecular complexity index is 500. The lowest BCUT2D eigenvalue weighted by Gasteiger charge is -2.39. The van der Waals surface area contributed by atoms with Crippen molar-refractivity contribution >= 4 is 5.97 Å². The van der Waals surface area contributed by atoms with Crippen LogP contribution in [0.1, 0.15) is 31.7 Å². The van der Waals surface area contributed by atoms with Gasteiger partial charge in [0.05, 0.1) is 33.5 Å². The number of esters is 1. The standard InChI is InChI=1S/C20H32NO4/c1-3-4-10-20(22)25-19(15-21(2)11-13-23-14-12-21)17-24-16-18-8-6-5-7-9-18/h5-9,19H,3-4,10-17H2,1-2H3/q+1. The first-order valence-electron chi connectivity index (χ1n) is 9.34. The lowest BCUT2D eigenvalue weighted by atomic mass is 10.2. The number of benzene rings is 1. The van der Waals surface area contributed by atoms with Crippen LogP contribution in [0.3, 0.4) is 0 Å². The third kappa shape index (κ3) is 7.55. The third-order valence-electron chi connectivity index (χ3n) is 4.64. The molecule has 0 radical (unpaired) electrons. The Morgan fingerprint density at radius 3 is 2.64 bits per heavy atom. The van der Waals surface area contributed by atoms with Crippen molar-refractivity contribution in [1.82, 2.24) is 0 Å². The van der Waals surface area contributed by atoms with Gasteiger partial charge >= 0.3 is 5.97 Å². The molecule has 1 heterocycles. The van der Waals surface area contributed by atoms with Crippen molar-refractivity contribution in [1.29, 1.82) is 0 Å². The number of hydrogen-bond acceptors (Lipinski definition) is 4. The molecule has 25 heavy (non-hydrogen) atoms. The molecule has 0 aliphatic carbocycles. The number of morpholine rings is 1. The molecule has 5 heteroatoms. The van der Waals surface area contributed by atoms with E-state index in [1.807, 2.05) is 30.3 Å². The Labute approximate surface area is 151 Å². The van der Waals surface area contributed by atoms with Crippen LogP contribution in [0.15, 0.2) is 30.3 Å². The van der Waals surface area contributed by atoms with Gasteiger partial charge < -0.3 is 18.7 Å². The van der Waals surface area contributed by atoms with E-state index < -0.39 is 0 Å². The highest BCUT2D eigenvalue weighted by atomic mass is 16.6. The minimum Gasteiger partial charge on any atom is -0.454 e. The van der Waals surface area contributed by atoms with Crippen molar-refractivity contribution in [2.45, 2.75) is 38.9 Å². The smallest absolute Gasteiger partial charge is 0.306 e. The lowest BCUT2D eigenvalue weighted by Crippen LogP contribution is -2.56. The van der Waals surface area contributed by atoms with Gasteiger partial charge in [0.15, 0.2) is 6.10 Å². The second-order valence-electron chi connectivity index (χ2n) is 7.08. The van der Waals surface area contributed by atoms with E-state index in [9.17, 15) is 4.79 Å². The molecule has 0 bridgehead atoms. The van der Waals surface area contributed by atoms with E-state index in [0.717, 1.165) is 55.7 Å². The summed E-state index contributed by atoms with van der Waals surface area (Å²) in [6, 6.07) is 10.1. The van der Waals surface area contributed by atoms with E-state index in [1.165, 1.54) is 0 Å². The van der Waals surface area contributed by atoms with Crippen molar-refractivity contribution in [3.63, 3.8) is 0 Å². The molecule has 1 unspecified atom stereocenters. The normalized spacial score (nSPS) is 17.8. The second-order valence-corrected chi connectivity index (χ2v) is 7.08. The number of rotatable bonds is 10. The van der Waals surface area contributed by atoms with Crippen molar-refractivity contribution in [2.75, 3.05) is 46.5 Å². The molecule has 1 aliphatic rings. The number of hydrogen-bond donors (Lipinski definition) is 0. The van der Waals surface area contributed by atoms with Crippen LogP contribution in [0.5, 0.6) is 0 Å². The van der Waals surface area contributed by atoms with Gasteiger partial charge in [0.1, 0.15) is 19.6 Å². The summed E-state index contributed by atoms with van der Waals surface area (Å²) in [5.74, 6) is -0.116. The molecule has 1 aromatic rings. The predicted molar refractivity (Wildman–Crippen MR) is 97.1 cm³/mol. The molecule has 1 fully saturated rings. The number of likely N-dealkylation sites (N-methyl/N-ethyl adjacent to an activating group) is 1. The maximum absolute atomic E-state index is 12.1. The van der Waals surface area contributed by atoms with Gasteiger partial charge in [-0.2, -0.15) is 0 Å². The van der Waals surface area contributed by atoms with Crippen LogP contribution in [0.2, 0.25) is 0 Å². The second kappa shape index (κ2) is 10.5. The fourth-order valence-corrected chi connectivity index (χ4v) is 3.03. The predicted octanol–water partition coefficient (Wildman–Crippen LogP) is 2.78. The van der Waals surface area contributed by atoms with Crippen LogP contribution < -0.4 is 0 Å². The van der Waals surface area contributed by atoms with Gasteiger partial charge in [-0.1, -0.05) is 43.7 Å². The van der Waals surface area contributed by atoms with Gasteiger partial charge in [-0.15, -0.1) is 0 Å². The molecule has 1 aromatic carbocycles. The van der Waals surface area contributed by atoms with Crippen molar-refractivity contribution in [3.8, 4) is 0 Å². The highest BCUT2D eigenvalue weighted by Gasteiger charge is 2.31. The molecular formula is C20H32NO4+. The Kier molecular flexibility index (Phi) is 8.38. The van der Waals surface area contributed by atoms with Crippen LogP contribution >= 0.6 is 0 Å². The van der Waals surface area contributed by atoms with E-state index in [0.29, 0.717) is 19.6 Å². The Morgan fingerprint density at radius 1 is 1.24 bits per heavy atom. The van der Waals surface area contributed by atoms with Crippen LogP contribution in [0, 0.1) is 0 Å². The average molecular weight is 350 g/mol. The highest BCUT2D eigenvalue weighted by molar-refractivity contribution is 5.69. The fourth-order valence-electron chi connectivity index (χ4n) is 3.03. The quantitative estimate of drug-likeness (QED) is 0.481. The molecular weight excluding hydrogens is 318 g/mol. The summed E-state index contributed by atoms with van der Waals surface area (Å²) in [4.78, 5) is 12.1. The lowest BCUT2D eigenvalue weighted by molar-refractivity contribution is -0.919. The highest BCUT2D eigenvalue weighted by Crippen LogP contribution is 2.13. The summed E-state index contributed by atoms with van der Waals surface area (Å²) in [5.41, 5.74) is 1.13. The number of quaternary nitrogens is 1. The van der Waals surface area contributed by atoms with Crippen molar-refractivity contribution in [2.24, 2.45) is 0 Å². The Morgan fingerprint density at radius 2 is 1.96 bits per heavy atom. The zero-order valence-electron chi connectivity index (χ0n) is 15.6. The molecule has 0 N–H and O–H groups in total. The van der Waals surface area contributed by atoms with Gasteiger partial charge in [-0.25, -0.2) is 0 Å². The molecule has 1 saturated heterocycles. The largest absolute Gasteiger partial charge is 0.454 e. The summed E-state index contributed by atoms with van der Waals surface area (Å²) in [6.45, 7) is 7.24. The van der Waals surface area contributed by atoms with E-state index in [4.69, 9.17) is 14.2 Å². The molecule has 1 aliphatic heterocycles. The van der Waals surface area contributed by atoms with E-state index >= 15 is 0 Å². The van der Waals surface area contributed by atoms with Gasteiger partial charge in [-0.05, 0) is 12.0 Å². The van der Waals surface area contributed by atoms with E-state index in [2.05, 4.69) is 14.0 Å². The topological polar surface area (TPSA) is 44.8 Å². The van der Waals surface area contributed by atoms with Gasteiger partial charge in [0.2, 0.25) is 0 Å². The first-order chi connectivity index (χ1) is 12.1. The van der Waals surface area contributed by atoms with Crippen molar-refractivity contribution in [3.05, 3.63) is 35.9 Å². The van der Waals surface area contributed by atoms with Crippen LogP contribution in [0.4, 0.5) is 0 Å². The van der Waals surface area contributed by atoms with Crippen molar-refractivity contribution < 1.29 is 23.5 Å². The van der Waals surface area contributed by atoms with Crippen LogP contribution in [-0.4, -0.2) is 63.1 Å². The molecule has 1 atom stereocenters. The molecule has 140 valence electrons. The number of carbonyl (C=O) groups is 1. The van der Waals surface area contributed by atoms with Gasteiger partial charge in [0, 0.05) is 6.42 Å². The minimum absolute atomic E-state index is 0.116. The number of nitrogens with zero attached hydrogens (tertiary/aromatic N) is 1. The fraction of sp³-hybridized carbons (Fsp3) is 0.650. The molecule has 0 saturated carbocycles. The zero-order valence-corrected chi connectivity index (χ0v) is 15.6. The molecule has 0 spiro atoms. The number of unbranched alkanes of at least 4 members (excludes halogenated alkanes) is 1. The maximum Gasteiger partial charge on any atom is 0.306 e. The number of carbonyl (C=O) groups excluding carboxylic acids is 1. The van der Waals surface area contributed by atoms with E-state index in [-0.39, 0.29) is 12.1 Å². The molecule has 5 nitrogen and oxygen atoms in total. The van der Waals surface area contributed by atoms with Gasteiger partial charge in [0.25, 0.3) is 0 Å². The summed E-state index contributed by atoms with van der Waals surface area (Å²) in [7, 11) is 2.20. The molecule has 2 rings (SSSR count). The summed E-state index contributed by atoms with van der Waals surface area (Å²) in [5, 5.41) is 0. The SMILES string of the molecule is CCCCC(=O)OC(COCc1ccccc1)C[N+]1(C)CCOCC1. The molecule has 0 amide bonds. The Hall–Kier alpha value is -1.43. The minimum atomic E-state index is -0.212.